The fourth-order valence-corrected chi connectivity index (χ4v) is 5.70. The van der Waals surface area contributed by atoms with Gasteiger partial charge >= 0.3 is 0 Å². The van der Waals surface area contributed by atoms with E-state index in [1.165, 1.54) is 0 Å². The summed E-state index contributed by atoms with van der Waals surface area (Å²) in [6, 6.07) is 7.62. The number of rotatable bonds is 10. The lowest BCUT2D eigenvalue weighted by molar-refractivity contribution is -0.0880. The molecule has 0 radical (unpaired) electrons. The molecule has 38 heavy (non-hydrogen) atoms. The highest BCUT2D eigenvalue weighted by Crippen LogP contribution is 2.32. The average molecular weight is 529 g/mol. The smallest absolute Gasteiger partial charge is 0.274 e. The predicted octanol–water partition coefficient (Wildman–Crippen LogP) is 4.33. The Labute approximate surface area is 225 Å². The predicted molar refractivity (Wildman–Crippen MR) is 150 cm³/mol. The maximum atomic E-state index is 13.7. The van der Waals surface area contributed by atoms with E-state index in [1.54, 1.807) is 11.7 Å². The SMILES string of the molecule is CO[C@@H]1CCCC[C@@H]1n1c(CO[C@@H]2COCC[C@@H]2n2cccc(NC(C)C)c2=O)ccc(NC(C)C)c1=O. The Kier molecular flexibility index (Phi) is 9.68. The monoisotopic (exact) mass is 528 g/mol. The van der Waals surface area contributed by atoms with Gasteiger partial charge in [-0.2, -0.15) is 0 Å². The largest absolute Gasteiger partial charge is 0.379 e. The van der Waals surface area contributed by atoms with Crippen LogP contribution in [0.15, 0.2) is 40.1 Å². The van der Waals surface area contributed by atoms with Crippen molar-refractivity contribution in [3.05, 3.63) is 56.9 Å². The molecule has 9 nitrogen and oxygen atoms in total. The maximum Gasteiger partial charge on any atom is 0.274 e. The summed E-state index contributed by atoms with van der Waals surface area (Å²) in [5, 5.41) is 6.53. The van der Waals surface area contributed by atoms with Gasteiger partial charge in [-0.1, -0.05) is 12.8 Å². The number of nitrogens with one attached hydrogen (secondary N) is 2. The normalized spacial score (nSPS) is 24.1. The van der Waals surface area contributed by atoms with Gasteiger partial charge in [0.05, 0.1) is 31.4 Å². The minimum atomic E-state index is -0.322. The van der Waals surface area contributed by atoms with Crippen LogP contribution in [0.5, 0.6) is 0 Å². The number of pyridine rings is 2. The van der Waals surface area contributed by atoms with Gasteiger partial charge in [-0.25, -0.2) is 0 Å². The van der Waals surface area contributed by atoms with Crippen molar-refractivity contribution in [2.24, 2.45) is 0 Å². The summed E-state index contributed by atoms with van der Waals surface area (Å²) in [5.74, 6) is 0. The average Bonchev–Trinajstić information content (AvgIpc) is 2.90. The molecule has 3 heterocycles. The fourth-order valence-electron chi connectivity index (χ4n) is 5.70. The molecule has 2 aliphatic rings. The minimum absolute atomic E-state index is 0.0185. The summed E-state index contributed by atoms with van der Waals surface area (Å²) < 4.78 is 21.7. The first-order valence-corrected chi connectivity index (χ1v) is 14.0. The standard InChI is InChI=1S/C29H44N4O5/c1-19(2)30-22-9-8-15-32(28(22)34)24-14-16-37-18-27(24)38-17-21-12-13-23(31-20(3)4)29(35)33(21)25-10-6-7-11-26(25)36-5/h8-9,12-13,15,19-20,24-27,30-31H,6-7,10-11,14,16-18H2,1-5H3/t24-,25-,26+,27+/m0/s1. The molecule has 0 unspecified atom stereocenters. The van der Waals surface area contributed by atoms with Crippen LogP contribution in [0.1, 0.15) is 77.6 Å². The molecular weight excluding hydrogens is 484 g/mol. The topological polar surface area (TPSA) is 95.8 Å². The number of nitrogens with zero attached hydrogens (tertiary/aromatic N) is 2. The van der Waals surface area contributed by atoms with Crippen LogP contribution in [0, 0.1) is 0 Å². The van der Waals surface area contributed by atoms with Gasteiger partial charge in [-0.05, 0) is 71.2 Å². The highest BCUT2D eigenvalue weighted by atomic mass is 16.5. The molecule has 0 amide bonds. The number of aromatic nitrogens is 2. The van der Waals surface area contributed by atoms with Crippen molar-refractivity contribution in [2.75, 3.05) is 31.0 Å². The molecule has 9 heteroatoms. The Morgan fingerprint density at radius 1 is 0.921 bits per heavy atom. The number of anilines is 2. The Balaban J connectivity index is 1.62. The lowest BCUT2D eigenvalue weighted by atomic mass is 9.91. The van der Waals surface area contributed by atoms with Crippen molar-refractivity contribution in [3.63, 3.8) is 0 Å². The van der Waals surface area contributed by atoms with Crippen LogP contribution in [0.2, 0.25) is 0 Å². The van der Waals surface area contributed by atoms with E-state index >= 15 is 0 Å². The third-order valence-corrected chi connectivity index (χ3v) is 7.44. The van der Waals surface area contributed by atoms with Crippen LogP contribution >= 0.6 is 0 Å². The van der Waals surface area contributed by atoms with Gasteiger partial charge in [0.1, 0.15) is 17.5 Å². The Morgan fingerprint density at radius 2 is 1.63 bits per heavy atom. The Bertz CT molecular complexity index is 1170. The van der Waals surface area contributed by atoms with Crippen molar-refractivity contribution in [1.82, 2.24) is 9.13 Å². The van der Waals surface area contributed by atoms with Crippen molar-refractivity contribution in [1.29, 1.82) is 0 Å². The first-order chi connectivity index (χ1) is 18.3. The van der Waals surface area contributed by atoms with E-state index in [4.69, 9.17) is 14.2 Å². The summed E-state index contributed by atoms with van der Waals surface area (Å²) in [6.07, 6.45) is 6.13. The molecule has 210 valence electrons. The van der Waals surface area contributed by atoms with E-state index in [0.717, 1.165) is 31.4 Å². The van der Waals surface area contributed by atoms with Gasteiger partial charge in [0.2, 0.25) is 0 Å². The fraction of sp³-hybridized carbons (Fsp3) is 0.655. The number of ether oxygens (including phenoxy) is 3. The summed E-state index contributed by atoms with van der Waals surface area (Å²) >= 11 is 0. The van der Waals surface area contributed by atoms with Gasteiger partial charge in [0, 0.05) is 37.7 Å². The quantitative estimate of drug-likeness (QED) is 0.474. The molecular formula is C29H44N4O5. The lowest BCUT2D eigenvalue weighted by Crippen LogP contribution is -2.42. The van der Waals surface area contributed by atoms with Crippen LogP contribution in [-0.2, 0) is 20.8 Å². The third-order valence-electron chi connectivity index (χ3n) is 7.44. The summed E-state index contributed by atoms with van der Waals surface area (Å²) in [6.45, 7) is 9.27. The van der Waals surface area contributed by atoms with E-state index in [-0.39, 0.29) is 54.1 Å². The zero-order valence-corrected chi connectivity index (χ0v) is 23.4. The summed E-state index contributed by atoms with van der Waals surface area (Å²) in [5.41, 5.74) is 1.87. The van der Waals surface area contributed by atoms with E-state index < -0.39 is 0 Å². The van der Waals surface area contributed by atoms with Crippen LogP contribution in [0.3, 0.4) is 0 Å². The first kappa shape index (κ1) is 28.4. The molecule has 1 saturated carbocycles. The summed E-state index contributed by atoms with van der Waals surface area (Å²) in [7, 11) is 1.73. The molecule has 4 rings (SSSR count). The summed E-state index contributed by atoms with van der Waals surface area (Å²) in [4.78, 5) is 27.0. The Hall–Kier alpha value is -2.62. The van der Waals surface area contributed by atoms with Gasteiger partial charge < -0.3 is 34.0 Å². The number of hydrogen-bond acceptors (Lipinski definition) is 7. The van der Waals surface area contributed by atoms with Crippen molar-refractivity contribution in [3.8, 4) is 0 Å². The van der Waals surface area contributed by atoms with Crippen molar-refractivity contribution in [2.45, 2.75) is 103 Å². The van der Waals surface area contributed by atoms with E-state index in [1.807, 2.05) is 62.7 Å². The molecule has 1 saturated heterocycles. The molecule has 2 fully saturated rings. The second-order valence-corrected chi connectivity index (χ2v) is 11.1. The van der Waals surface area contributed by atoms with E-state index in [2.05, 4.69) is 10.6 Å². The third kappa shape index (κ3) is 6.50. The Morgan fingerprint density at radius 3 is 2.34 bits per heavy atom. The molecule has 2 aromatic heterocycles. The molecule has 2 N–H and O–H groups in total. The molecule has 0 spiro atoms. The van der Waals surface area contributed by atoms with E-state index in [0.29, 0.717) is 31.0 Å². The van der Waals surface area contributed by atoms with Crippen LogP contribution < -0.4 is 21.8 Å². The second-order valence-electron chi connectivity index (χ2n) is 11.1. The maximum absolute atomic E-state index is 13.7. The number of hydrogen-bond donors (Lipinski definition) is 2. The van der Waals surface area contributed by atoms with Crippen molar-refractivity contribution >= 4 is 11.4 Å². The van der Waals surface area contributed by atoms with Crippen LogP contribution in [-0.4, -0.2) is 53.7 Å². The van der Waals surface area contributed by atoms with Crippen LogP contribution in [0.25, 0.3) is 0 Å². The minimum Gasteiger partial charge on any atom is -0.379 e. The molecule has 1 aliphatic heterocycles. The second kappa shape index (κ2) is 13.0. The molecule has 1 aliphatic carbocycles. The highest BCUT2D eigenvalue weighted by Gasteiger charge is 2.32. The van der Waals surface area contributed by atoms with Gasteiger partial charge in [0.15, 0.2) is 0 Å². The van der Waals surface area contributed by atoms with Gasteiger partial charge in [-0.15, -0.1) is 0 Å². The van der Waals surface area contributed by atoms with E-state index in [9.17, 15) is 9.59 Å². The first-order valence-electron chi connectivity index (χ1n) is 14.0. The zero-order chi connectivity index (χ0) is 27.2. The van der Waals surface area contributed by atoms with Crippen LogP contribution in [0.4, 0.5) is 11.4 Å². The van der Waals surface area contributed by atoms with Gasteiger partial charge in [-0.3, -0.25) is 9.59 Å². The highest BCUT2D eigenvalue weighted by molar-refractivity contribution is 5.43. The molecule has 0 aromatic carbocycles. The molecule has 4 atom stereocenters. The van der Waals surface area contributed by atoms with Crippen molar-refractivity contribution < 1.29 is 14.2 Å². The van der Waals surface area contributed by atoms with Gasteiger partial charge in [0.25, 0.3) is 11.1 Å². The lowest BCUT2D eigenvalue weighted by Gasteiger charge is -2.35. The molecule has 2 aromatic rings. The number of methoxy groups -OCH3 is 1. The molecule has 0 bridgehead atoms. The zero-order valence-electron chi connectivity index (χ0n) is 23.4.